The summed E-state index contributed by atoms with van der Waals surface area (Å²) < 4.78 is 13.2. The Morgan fingerprint density at radius 2 is 1.85 bits per heavy atom. The van der Waals surface area contributed by atoms with Gasteiger partial charge in [-0.15, -0.1) is 0 Å². The number of nitrogens with one attached hydrogen (secondary N) is 3. The number of rotatable bonds is 5. The fourth-order valence-electron chi connectivity index (χ4n) is 4.12. The molecule has 2 aromatic rings. The second kappa shape index (κ2) is 8.79. The van der Waals surface area contributed by atoms with E-state index >= 15 is 0 Å². The molecule has 0 bridgehead atoms. The van der Waals surface area contributed by atoms with Crippen LogP contribution in [0.25, 0.3) is 0 Å². The zero-order valence-electron chi connectivity index (χ0n) is 17.8. The highest BCUT2D eigenvalue weighted by molar-refractivity contribution is 6.12. The summed E-state index contributed by atoms with van der Waals surface area (Å²) >= 11 is 0. The fraction of sp³-hybridized carbons (Fsp3) is 0.167. The Morgan fingerprint density at radius 3 is 2.64 bits per heavy atom. The van der Waals surface area contributed by atoms with Crippen molar-refractivity contribution in [2.75, 3.05) is 22.1 Å². The minimum absolute atomic E-state index is 0.264. The van der Waals surface area contributed by atoms with E-state index in [9.17, 15) is 14.0 Å². The first kappa shape index (κ1) is 20.8. The van der Waals surface area contributed by atoms with E-state index in [2.05, 4.69) is 16.0 Å². The van der Waals surface area contributed by atoms with Crippen molar-refractivity contribution in [3.8, 4) is 0 Å². The van der Waals surface area contributed by atoms with Gasteiger partial charge in [0.15, 0.2) is 5.82 Å². The van der Waals surface area contributed by atoms with Gasteiger partial charge in [-0.2, -0.15) is 5.01 Å². The topological polar surface area (TPSA) is 93.3 Å². The second-order valence-electron chi connectivity index (χ2n) is 7.99. The Kier molecular flexibility index (Phi) is 5.54. The molecule has 3 aliphatic heterocycles. The van der Waals surface area contributed by atoms with Crippen molar-refractivity contribution in [2.45, 2.75) is 12.8 Å². The molecule has 9 heteroatoms. The van der Waals surface area contributed by atoms with Gasteiger partial charge in [0.2, 0.25) is 11.8 Å². The van der Waals surface area contributed by atoms with Crippen molar-refractivity contribution in [3.05, 3.63) is 90.5 Å². The summed E-state index contributed by atoms with van der Waals surface area (Å²) in [6, 6.07) is 13.1. The molecule has 0 spiro atoms. The van der Waals surface area contributed by atoms with Crippen molar-refractivity contribution < 1.29 is 19.4 Å². The van der Waals surface area contributed by atoms with E-state index in [0.717, 1.165) is 17.2 Å². The largest absolute Gasteiger partial charge is 0.352 e. The van der Waals surface area contributed by atoms with Gasteiger partial charge in [0.25, 0.3) is 0 Å². The van der Waals surface area contributed by atoms with Crippen molar-refractivity contribution in [1.29, 1.82) is 0 Å². The predicted molar refractivity (Wildman–Crippen MR) is 122 cm³/mol. The van der Waals surface area contributed by atoms with Crippen molar-refractivity contribution >= 4 is 28.9 Å². The van der Waals surface area contributed by atoms with Gasteiger partial charge >= 0.3 is 0 Å². The maximum atomic E-state index is 13.2. The van der Waals surface area contributed by atoms with Crippen LogP contribution < -0.4 is 26.3 Å². The van der Waals surface area contributed by atoms with E-state index < -0.39 is 5.92 Å². The number of amides is 2. The van der Waals surface area contributed by atoms with Gasteiger partial charge in [0.1, 0.15) is 17.9 Å². The summed E-state index contributed by atoms with van der Waals surface area (Å²) in [7, 11) is 0. The first-order chi connectivity index (χ1) is 16.1. The monoisotopic (exact) mass is 447 g/mol. The number of carbonyl (C=O) groups excluding carboxylic acids is 2. The van der Waals surface area contributed by atoms with Gasteiger partial charge in [-0.3, -0.25) is 9.59 Å². The molecule has 168 valence electrons. The van der Waals surface area contributed by atoms with Crippen LogP contribution in [0, 0.1) is 11.7 Å². The van der Waals surface area contributed by atoms with Gasteiger partial charge in [-0.1, -0.05) is 0 Å². The van der Waals surface area contributed by atoms with Crippen LogP contribution in [0.1, 0.15) is 12.8 Å². The molecule has 5 N–H and O–H groups in total. The number of nitrogens with zero attached hydrogens (tertiary/aromatic N) is 2. The number of benzene rings is 2. The van der Waals surface area contributed by atoms with Crippen LogP contribution in [-0.2, 0) is 9.59 Å². The lowest BCUT2D eigenvalue weighted by molar-refractivity contribution is -0.729. The number of halogens is 1. The summed E-state index contributed by atoms with van der Waals surface area (Å²) in [5.74, 6) is -0.792. The van der Waals surface area contributed by atoms with E-state index in [0.29, 0.717) is 30.8 Å². The number of nitrogens with two attached hydrogens (primary N) is 1. The van der Waals surface area contributed by atoms with E-state index in [-0.39, 0.29) is 17.6 Å². The van der Waals surface area contributed by atoms with Gasteiger partial charge in [0, 0.05) is 35.9 Å². The standard InChI is InChI=1S/C24H23FN6O2/c25-16-3-9-19(10-4-16)30-14-1-2-20(24(30)33)23(32)29-18-7-5-17(6-8-18)28-21-11-12-27-31-15-13-26-22(21)31/h3-13,15,20,26-28H,1-2,14H2,(H,29,32)/p+1. The van der Waals surface area contributed by atoms with Crippen LogP contribution >= 0.6 is 0 Å². The molecule has 5 rings (SSSR count). The van der Waals surface area contributed by atoms with Crippen LogP contribution in [-0.4, -0.2) is 23.4 Å². The number of anilines is 3. The number of allylic oxidation sites excluding steroid dienone is 1. The molecular formula is C24H24FN6O2+. The van der Waals surface area contributed by atoms with E-state index in [1.54, 1.807) is 29.2 Å². The smallest absolute Gasteiger partial charge is 0.239 e. The quantitative estimate of drug-likeness (QED) is 0.417. The van der Waals surface area contributed by atoms with Crippen LogP contribution in [0.15, 0.2) is 84.7 Å². The molecule has 0 aromatic heterocycles. The van der Waals surface area contributed by atoms with Crippen molar-refractivity contribution in [1.82, 2.24) is 10.3 Å². The minimum atomic E-state index is -0.774. The van der Waals surface area contributed by atoms with E-state index in [4.69, 9.17) is 0 Å². The Bertz CT molecular complexity index is 1160. The normalized spacial score (nSPS) is 19.4. The number of carbonyl (C=O) groups is 2. The molecule has 3 aliphatic rings. The number of hydrogen-bond acceptors (Lipinski definition) is 5. The lowest BCUT2D eigenvalue weighted by Crippen LogP contribution is -2.87. The Morgan fingerprint density at radius 1 is 1.09 bits per heavy atom. The predicted octanol–water partition coefficient (Wildman–Crippen LogP) is 2.17. The molecule has 0 aliphatic carbocycles. The molecule has 1 saturated heterocycles. The third kappa shape index (κ3) is 4.31. The molecule has 0 saturated carbocycles. The molecule has 2 amide bonds. The highest BCUT2D eigenvalue weighted by Crippen LogP contribution is 2.26. The average molecular weight is 447 g/mol. The van der Waals surface area contributed by atoms with Crippen molar-refractivity contribution in [2.24, 2.45) is 5.92 Å². The van der Waals surface area contributed by atoms with Crippen LogP contribution in [0.2, 0.25) is 0 Å². The van der Waals surface area contributed by atoms with Gasteiger partial charge in [-0.05, 0) is 61.4 Å². The number of piperidine rings is 1. The van der Waals surface area contributed by atoms with Crippen molar-refractivity contribution in [3.63, 3.8) is 0 Å². The first-order valence-electron chi connectivity index (χ1n) is 10.8. The molecule has 3 heterocycles. The molecule has 1 atom stereocenters. The maximum Gasteiger partial charge on any atom is 0.239 e. The summed E-state index contributed by atoms with van der Waals surface area (Å²) in [6.07, 6.45) is 8.91. The highest BCUT2D eigenvalue weighted by Gasteiger charge is 2.35. The lowest BCUT2D eigenvalue weighted by Gasteiger charge is -2.31. The fourth-order valence-corrected chi connectivity index (χ4v) is 4.12. The summed E-state index contributed by atoms with van der Waals surface area (Å²) in [4.78, 5) is 27.4. The van der Waals surface area contributed by atoms with Gasteiger partial charge < -0.3 is 20.9 Å². The molecule has 33 heavy (non-hydrogen) atoms. The number of quaternary nitrogens is 1. The third-order valence-electron chi connectivity index (χ3n) is 5.80. The SMILES string of the molecule is O=C(Nc1ccc(NC2=C3NC=CN3[NH2+]C=C2)cc1)C1CCCN(c2ccc(F)cc2)C1=O. The second-order valence-corrected chi connectivity index (χ2v) is 7.99. The van der Waals surface area contributed by atoms with E-state index in [1.165, 1.54) is 12.1 Å². The molecule has 2 aromatic carbocycles. The number of hydrogen-bond donors (Lipinski definition) is 4. The van der Waals surface area contributed by atoms with E-state index in [1.807, 2.05) is 47.2 Å². The van der Waals surface area contributed by atoms with Gasteiger partial charge in [-0.25, -0.2) is 9.82 Å². The molecule has 1 unspecified atom stereocenters. The molecule has 1 fully saturated rings. The van der Waals surface area contributed by atoms with Crippen LogP contribution in [0.3, 0.4) is 0 Å². The molecule has 8 nitrogen and oxygen atoms in total. The average Bonchev–Trinajstić information content (AvgIpc) is 3.31. The zero-order chi connectivity index (χ0) is 22.8. The lowest BCUT2D eigenvalue weighted by atomic mass is 9.95. The first-order valence-corrected chi connectivity index (χ1v) is 10.8. The molecule has 0 radical (unpaired) electrons. The number of fused-ring (bicyclic) bond motifs is 1. The summed E-state index contributed by atoms with van der Waals surface area (Å²) in [5.41, 5.74) is 4.97. The third-order valence-corrected chi connectivity index (χ3v) is 5.80. The van der Waals surface area contributed by atoms with Crippen LogP contribution in [0.5, 0.6) is 0 Å². The maximum absolute atomic E-state index is 13.2. The Labute approximate surface area is 190 Å². The molecular weight excluding hydrogens is 423 g/mol. The Balaban J connectivity index is 1.23. The van der Waals surface area contributed by atoms with Crippen LogP contribution in [0.4, 0.5) is 21.5 Å². The van der Waals surface area contributed by atoms with Gasteiger partial charge in [0.05, 0.1) is 11.9 Å². The zero-order valence-corrected chi connectivity index (χ0v) is 17.8. The highest BCUT2D eigenvalue weighted by atomic mass is 19.1. The Hall–Kier alpha value is -4.11. The minimum Gasteiger partial charge on any atom is -0.352 e. The summed E-state index contributed by atoms with van der Waals surface area (Å²) in [5, 5.41) is 11.4. The summed E-state index contributed by atoms with van der Waals surface area (Å²) in [6.45, 7) is 0.514.